The topological polar surface area (TPSA) is 23.6 Å². The second kappa shape index (κ2) is 4.79. The summed E-state index contributed by atoms with van der Waals surface area (Å²) in [6, 6.07) is 0. The van der Waals surface area contributed by atoms with Crippen LogP contribution < -0.4 is 0 Å². The van der Waals surface area contributed by atoms with Gasteiger partial charge in [0.25, 0.3) is 0 Å². The SMILES string of the molecule is CN1CCN(C(=O)/C=C/C(C)(C)C)CC1. The van der Waals surface area contributed by atoms with Crippen LogP contribution in [0, 0.1) is 5.41 Å². The van der Waals surface area contributed by atoms with Gasteiger partial charge in [0, 0.05) is 26.2 Å². The minimum atomic E-state index is 0.0856. The van der Waals surface area contributed by atoms with Gasteiger partial charge in [0.1, 0.15) is 0 Å². The predicted octanol–water partition coefficient (Wildman–Crippen LogP) is 1.36. The predicted molar refractivity (Wildman–Crippen MR) is 62.7 cm³/mol. The zero-order valence-corrected chi connectivity index (χ0v) is 10.3. The minimum absolute atomic E-state index is 0.0856. The average Bonchev–Trinajstić information content (AvgIpc) is 2.14. The molecule has 1 saturated heterocycles. The number of likely N-dealkylation sites (N-methyl/N-ethyl adjacent to an activating group) is 1. The first-order valence-corrected chi connectivity index (χ1v) is 5.55. The van der Waals surface area contributed by atoms with Crippen LogP contribution in [-0.2, 0) is 4.79 Å². The normalized spacial score (nSPS) is 19.9. The van der Waals surface area contributed by atoms with Gasteiger partial charge < -0.3 is 9.80 Å². The molecule has 0 bridgehead atoms. The Morgan fingerprint density at radius 3 is 2.13 bits per heavy atom. The van der Waals surface area contributed by atoms with Gasteiger partial charge in [0.2, 0.25) is 5.91 Å². The number of hydrogen-bond donors (Lipinski definition) is 0. The molecule has 1 aliphatic rings. The van der Waals surface area contributed by atoms with Crippen LogP contribution in [0.1, 0.15) is 20.8 Å². The lowest BCUT2D eigenvalue weighted by Gasteiger charge is -2.31. The summed E-state index contributed by atoms with van der Waals surface area (Å²) < 4.78 is 0. The maximum absolute atomic E-state index is 11.8. The van der Waals surface area contributed by atoms with Crippen molar-refractivity contribution in [1.29, 1.82) is 0 Å². The molecular weight excluding hydrogens is 188 g/mol. The fraction of sp³-hybridized carbons (Fsp3) is 0.750. The summed E-state index contributed by atoms with van der Waals surface area (Å²) in [5.74, 6) is 0.151. The number of amides is 1. The van der Waals surface area contributed by atoms with Crippen LogP contribution >= 0.6 is 0 Å². The Hall–Kier alpha value is -0.830. The van der Waals surface area contributed by atoms with E-state index in [-0.39, 0.29) is 11.3 Å². The summed E-state index contributed by atoms with van der Waals surface area (Å²) in [6.45, 7) is 9.96. The molecule has 0 unspecified atom stereocenters. The van der Waals surface area contributed by atoms with Gasteiger partial charge in [-0.2, -0.15) is 0 Å². The van der Waals surface area contributed by atoms with E-state index in [1.165, 1.54) is 0 Å². The molecule has 0 N–H and O–H groups in total. The van der Waals surface area contributed by atoms with E-state index in [1.807, 2.05) is 11.0 Å². The van der Waals surface area contributed by atoms with Crippen molar-refractivity contribution < 1.29 is 4.79 Å². The van der Waals surface area contributed by atoms with Crippen molar-refractivity contribution in [3.05, 3.63) is 12.2 Å². The number of carbonyl (C=O) groups excluding carboxylic acids is 1. The van der Waals surface area contributed by atoms with Crippen molar-refractivity contribution in [2.45, 2.75) is 20.8 Å². The Labute approximate surface area is 92.7 Å². The van der Waals surface area contributed by atoms with E-state index in [0.717, 1.165) is 26.2 Å². The molecule has 1 aliphatic heterocycles. The molecule has 0 aromatic rings. The molecule has 1 fully saturated rings. The second-order valence-electron chi connectivity index (χ2n) is 5.33. The lowest BCUT2D eigenvalue weighted by molar-refractivity contribution is -0.127. The smallest absolute Gasteiger partial charge is 0.246 e. The molecule has 0 aliphatic carbocycles. The highest BCUT2D eigenvalue weighted by Crippen LogP contribution is 2.14. The standard InChI is InChI=1S/C12H22N2O/c1-12(2,3)6-5-11(15)14-9-7-13(4)8-10-14/h5-6H,7-10H2,1-4H3/b6-5+. The summed E-state index contributed by atoms with van der Waals surface area (Å²) >= 11 is 0. The fourth-order valence-corrected chi connectivity index (χ4v) is 1.45. The van der Waals surface area contributed by atoms with Crippen molar-refractivity contribution in [3.63, 3.8) is 0 Å². The molecule has 1 heterocycles. The number of allylic oxidation sites excluding steroid dienone is 1. The van der Waals surface area contributed by atoms with E-state index in [0.29, 0.717) is 0 Å². The minimum Gasteiger partial charge on any atom is -0.337 e. The van der Waals surface area contributed by atoms with Gasteiger partial charge in [-0.05, 0) is 18.5 Å². The van der Waals surface area contributed by atoms with E-state index in [4.69, 9.17) is 0 Å². The summed E-state index contributed by atoms with van der Waals surface area (Å²) in [4.78, 5) is 15.9. The molecule has 15 heavy (non-hydrogen) atoms. The van der Waals surface area contributed by atoms with Crippen LogP contribution in [0.3, 0.4) is 0 Å². The highest BCUT2D eigenvalue weighted by molar-refractivity contribution is 5.87. The van der Waals surface area contributed by atoms with Crippen LogP contribution in [0.2, 0.25) is 0 Å². The number of carbonyl (C=O) groups is 1. The van der Waals surface area contributed by atoms with Gasteiger partial charge in [-0.15, -0.1) is 0 Å². The van der Waals surface area contributed by atoms with Gasteiger partial charge in [-0.1, -0.05) is 26.8 Å². The Kier molecular flexibility index (Phi) is 3.91. The third-order valence-corrected chi connectivity index (χ3v) is 2.54. The molecule has 0 spiro atoms. The fourth-order valence-electron chi connectivity index (χ4n) is 1.45. The third-order valence-electron chi connectivity index (χ3n) is 2.54. The summed E-state index contributed by atoms with van der Waals surface area (Å²) in [7, 11) is 2.09. The third kappa shape index (κ3) is 4.47. The van der Waals surface area contributed by atoms with Crippen LogP contribution in [0.15, 0.2) is 12.2 Å². The first-order valence-electron chi connectivity index (χ1n) is 5.55. The lowest BCUT2D eigenvalue weighted by atomic mass is 9.96. The molecule has 1 rings (SSSR count). The van der Waals surface area contributed by atoms with E-state index in [2.05, 4.69) is 32.7 Å². The summed E-state index contributed by atoms with van der Waals surface area (Å²) in [5, 5.41) is 0. The van der Waals surface area contributed by atoms with Crippen molar-refractivity contribution >= 4 is 5.91 Å². The van der Waals surface area contributed by atoms with Gasteiger partial charge in [0.15, 0.2) is 0 Å². The van der Waals surface area contributed by atoms with Gasteiger partial charge in [-0.25, -0.2) is 0 Å². The van der Waals surface area contributed by atoms with E-state index in [1.54, 1.807) is 6.08 Å². The molecule has 0 saturated carbocycles. The number of nitrogens with zero attached hydrogens (tertiary/aromatic N) is 2. The van der Waals surface area contributed by atoms with Gasteiger partial charge >= 0.3 is 0 Å². The van der Waals surface area contributed by atoms with E-state index >= 15 is 0 Å². The Morgan fingerprint density at radius 1 is 1.13 bits per heavy atom. The molecule has 0 radical (unpaired) electrons. The van der Waals surface area contributed by atoms with E-state index in [9.17, 15) is 4.79 Å². The van der Waals surface area contributed by atoms with Gasteiger partial charge in [0.05, 0.1) is 0 Å². The number of piperazine rings is 1. The molecule has 0 aromatic heterocycles. The first kappa shape index (κ1) is 12.2. The van der Waals surface area contributed by atoms with Crippen LogP contribution in [0.25, 0.3) is 0 Å². The second-order valence-corrected chi connectivity index (χ2v) is 5.33. The highest BCUT2D eigenvalue weighted by Gasteiger charge is 2.17. The quantitative estimate of drug-likeness (QED) is 0.610. The first-order chi connectivity index (χ1) is 6.88. The Morgan fingerprint density at radius 2 is 1.67 bits per heavy atom. The largest absolute Gasteiger partial charge is 0.337 e. The lowest BCUT2D eigenvalue weighted by Crippen LogP contribution is -2.46. The molecule has 0 atom stereocenters. The van der Waals surface area contributed by atoms with Crippen LogP contribution in [0.4, 0.5) is 0 Å². The van der Waals surface area contributed by atoms with Crippen molar-refractivity contribution in [2.24, 2.45) is 5.41 Å². The van der Waals surface area contributed by atoms with Crippen LogP contribution in [-0.4, -0.2) is 48.9 Å². The molecule has 1 amide bonds. The summed E-state index contributed by atoms with van der Waals surface area (Å²) in [6.07, 6.45) is 3.69. The molecule has 86 valence electrons. The average molecular weight is 210 g/mol. The summed E-state index contributed by atoms with van der Waals surface area (Å²) in [5.41, 5.74) is 0.0856. The molecular formula is C12H22N2O. The monoisotopic (exact) mass is 210 g/mol. The zero-order valence-electron chi connectivity index (χ0n) is 10.3. The van der Waals surface area contributed by atoms with Crippen LogP contribution in [0.5, 0.6) is 0 Å². The van der Waals surface area contributed by atoms with Crippen molar-refractivity contribution in [3.8, 4) is 0 Å². The van der Waals surface area contributed by atoms with Gasteiger partial charge in [-0.3, -0.25) is 4.79 Å². The van der Waals surface area contributed by atoms with Crippen molar-refractivity contribution in [1.82, 2.24) is 9.80 Å². The molecule has 3 heteroatoms. The maximum atomic E-state index is 11.8. The number of rotatable bonds is 1. The maximum Gasteiger partial charge on any atom is 0.246 e. The highest BCUT2D eigenvalue weighted by atomic mass is 16.2. The van der Waals surface area contributed by atoms with Crippen molar-refractivity contribution in [2.75, 3.05) is 33.2 Å². The zero-order chi connectivity index (χ0) is 11.5. The molecule has 0 aromatic carbocycles. The Balaban J connectivity index is 2.44. The molecule has 3 nitrogen and oxygen atoms in total. The van der Waals surface area contributed by atoms with E-state index < -0.39 is 0 Å². The Bertz CT molecular complexity index is 245. The number of hydrogen-bond acceptors (Lipinski definition) is 2.